The number of benzene rings is 1. The van der Waals surface area contributed by atoms with Crippen molar-refractivity contribution in [2.75, 3.05) is 25.0 Å². The van der Waals surface area contributed by atoms with Crippen molar-refractivity contribution < 1.29 is 4.74 Å². The Bertz CT molecular complexity index is 442. The first-order chi connectivity index (χ1) is 10.1. The smallest absolute Gasteiger partial charge is 0.138 e. The van der Waals surface area contributed by atoms with Crippen molar-refractivity contribution in [3.8, 4) is 5.75 Å². The van der Waals surface area contributed by atoms with E-state index in [2.05, 4.69) is 37.1 Å². The predicted octanol–water partition coefficient (Wildman–Crippen LogP) is 4.41. The molecule has 1 aromatic carbocycles. The van der Waals surface area contributed by atoms with Gasteiger partial charge < -0.3 is 15.0 Å². The largest absolute Gasteiger partial charge is 0.492 e. The van der Waals surface area contributed by atoms with Crippen molar-refractivity contribution in [2.45, 2.75) is 52.1 Å². The van der Waals surface area contributed by atoms with Crippen molar-refractivity contribution in [2.24, 2.45) is 0 Å². The Labute approximate surface area is 133 Å². The van der Waals surface area contributed by atoms with Crippen molar-refractivity contribution in [1.29, 1.82) is 0 Å². The molecule has 0 aliphatic carbocycles. The molecular weight excluding hydrogens is 284 g/mol. The zero-order chi connectivity index (χ0) is 15.2. The minimum Gasteiger partial charge on any atom is -0.492 e. The fourth-order valence-corrected chi connectivity index (χ4v) is 2.95. The summed E-state index contributed by atoms with van der Waals surface area (Å²) in [4.78, 5) is 2.53. The summed E-state index contributed by atoms with van der Waals surface area (Å²) in [7, 11) is 0. The first-order valence-electron chi connectivity index (χ1n) is 8.03. The van der Waals surface area contributed by atoms with Gasteiger partial charge in [0.15, 0.2) is 0 Å². The Hall–Kier alpha value is -0.930. The van der Waals surface area contributed by atoms with E-state index in [4.69, 9.17) is 16.3 Å². The van der Waals surface area contributed by atoms with E-state index in [0.29, 0.717) is 23.7 Å². The number of ether oxygens (including phenoxy) is 1. The van der Waals surface area contributed by atoms with E-state index in [-0.39, 0.29) is 0 Å². The van der Waals surface area contributed by atoms with Crippen LogP contribution in [-0.2, 0) is 0 Å². The van der Waals surface area contributed by atoms with Gasteiger partial charge in [-0.25, -0.2) is 0 Å². The second kappa shape index (κ2) is 7.90. The number of nitrogens with one attached hydrogen (secondary N) is 1. The van der Waals surface area contributed by atoms with Gasteiger partial charge in [-0.1, -0.05) is 18.5 Å². The predicted molar refractivity (Wildman–Crippen MR) is 90.6 cm³/mol. The number of halogens is 1. The van der Waals surface area contributed by atoms with Crippen LogP contribution < -0.4 is 10.1 Å². The Morgan fingerprint density at radius 3 is 2.62 bits per heavy atom. The van der Waals surface area contributed by atoms with E-state index in [1.165, 1.54) is 25.9 Å². The van der Waals surface area contributed by atoms with Crippen LogP contribution in [0.5, 0.6) is 5.75 Å². The molecule has 0 atom stereocenters. The van der Waals surface area contributed by atoms with Crippen molar-refractivity contribution >= 4 is 17.3 Å². The van der Waals surface area contributed by atoms with E-state index < -0.39 is 0 Å². The Kier molecular flexibility index (Phi) is 6.19. The van der Waals surface area contributed by atoms with Gasteiger partial charge >= 0.3 is 0 Å². The molecule has 0 spiro atoms. The molecule has 118 valence electrons. The highest BCUT2D eigenvalue weighted by molar-refractivity contribution is 6.32. The molecule has 1 aromatic rings. The molecule has 0 radical (unpaired) electrons. The van der Waals surface area contributed by atoms with Gasteiger partial charge in [-0.3, -0.25) is 0 Å². The zero-order valence-electron chi connectivity index (χ0n) is 13.4. The lowest BCUT2D eigenvalue weighted by Crippen LogP contribution is -2.42. The summed E-state index contributed by atoms with van der Waals surface area (Å²) in [5, 5.41) is 4.29. The van der Waals surface area contributed by atoms with Gasteiger partial charge in [0.1, 0.15) is 5.75 Å². The van der Waals surface area contributed by atoms with Crippen molar-refractivity contribution in [1.82, 2.24) is 4.90 Å². The first kappa shape index (κ1) is 16.4. The molecule has 0 aromatic heterocycles. The van der Waals surface area contributed by atoms with Crippen LogP contribution in [0.3, 0.4) is 0 Å². The maximum Gasteiger partial charge on any atom is 0.138 e. The Morgan fingerprint density at radius 1 is 1.33 bits per heavy atom. The molecular formula is C17H27ClN2O. The highest BCUT2D eigenvalue weighted by Gasteiger charge is 2.20. The minimum atomic E-state index is 0.540. The monoisotopic (exact) mass is 310 g/mol. The van der Waals surface area contributed by atoms with E-state index in [1.807, 2.05) is 12.1 Å². The minimum absolute atomic E-state index is 0.540. The third-order valence-electron chi connectivity index (χ3n) is 4.02. The van der Waals surface area contributed by atoms with Crippen LogP contribution in [0.1, 0.15) is 40.0 Å². The molecule has 4 heteroatoms. The lowest BCUT2D eigenvalue weighted by atomic mass is 10.0. The third-order valence-corrected chi connectivity index (χ3v) is 4.32. The maximum atomic E-state index is 6.27. The molecule has 0 saturated carbocycles. The summed E-state index contributed by atoms with van der Waals surface area (Å²) in [5.74, 6) is 0.777. The number of piperidine rings is 1. The average molecular weight is 311 g/mol. The summed E-state index contributed by atoms with van der Waals surface area (Å²) in [6.45, 7) is 9.67. The maximum absolute atomic E-state index is 6.27. The molecule has 1 N–H and O–H groups in total. The van der Waals surface area contributed by atoms with Gasteiger partial charge in [-0.2, -0.15) is 0 Å². The number of nitrogens with zero attached hydrogens (tertiary/aromatic N) is 1. The molecule has 2 rings (SSSR count). The van der Waals surface area contributed by atoms with Crippen LogP contribution in [0.15, 0.2) is 18.2 Å². The van der Waals surface area contributed by atoms with Crippen LogP contribution in [0, 0.1) is 0 Å². The lowest BCUT2D eigenvalue weighted by Gasteiger charge is -2.35. The van der Waals surface area contributed by atoms with Crippen molar-refractivity contribution in [3.63, 3.8) is 0 Å². The summed E-state index contributed by atoms with van der Waals surface area (Å²) in [6.07, 6.45) is 3.36. The second-order valence-electron chi connectivity index (χ2n) is 6.04. The normalized spacial score (nSPS) is 17.2. The number of hydrogen-bond acceptors (Lipinski definition) is 3. The molecule has 0 unspecified atom stereocenters. The van der Waals surface area contributed by atoms with E-state index in [1.54, 1.807) is 0 Å². The SMILES string of the molecule is CCCOc1ccc(NC2CCN(C(C)C)CC2)cc1Cl. The van der Waals surface area contributed by atoms with Crippen molar-refractivity contribution in [3.05, 3.63) is 23.2 Å². The molecule has 1 heterocycles. The summed E-state index contributed by atoms with van der Waals surface area (Å²) in [6, 6.07) is 7.19. The fraction of sp³-hybridized carbons (Fsp3) is 0.647. The zero-order valence-corrected chi connectivity index (χ0v) is 14.1. The van der Waals surface area contributed by atoms with E-state index >= 15 is 0 Å². The van der Waals surface area contributed by atoms with E-state index in [0.717, 1.165) is 17.9 Å². The van der Waals surface area contributed by atoms with Crippen LogP contribution in [0.25, 0.3) is 0 Å². The van der Waals surface area contributed by atoms with Gasteiger partial charge in [0.2, 0.25) is 0 Å². The molecule has 21 heavy (non-hydrogen) atoms. The standard InChI is InChI=1S/C17H27ClN2O/c1-4-11-21-17-6-5-15(12-16(17)18)19-14-7-9-20(10-8-14)13(2)3/h5-6,12-14,19H,4,7-11H2,1-3H3. The van der Waals surface area contributed by atoms with Gasteiger partial charge in [0, 0.05) is 30.9 Å². The molecule has 1 saturated heterocycles. The highest BCUT2D eigenvalue weighted by atomic mass is 35.5. The molecule has 1 aliphatic heterocycles. The molecule has 0 amide bonds. The van der Waals surface area contributed by atoms with Crippen LogP contribution >= 0.6 is 11.6 Å². The first-order valence-corrected chi connectivity index (χ1v) is 8.41. The topological polar surface area (TPSA) is 24.5 Å². The van der Waals surface area contributed by atoms with Gasteiger partial charge in [-0.15, -0.1) is 0 Å². The van der Waals surface area contributed by atoms with Gasteiger partial charge in [-0.05, 0) is 51.3 Å². The van der Waals surface area contributed by atoms with Gasteiger partial charge in [0.25, 0.3) is 0 Å². The van der Waals surface area contributed by atoms with Crippen LogP contribution in [0.2, 0.25) is 5.02 Å². The summed E-state index contributed by atoms with van der Waals surface area (Å²) < 4.78 is 5.60. The van der Waals surface area contributed by atoms with E-state index in [9.17, 15) is 0 Å². The number of hydrogen-bond donors (Lipinski definition) is 1. The Balaban J connectivity index is 1.87. The molecule has 0 bridgehead atoms. The quantitative estimate of drug-likeness (QED) is 0.842. The van der Waals surface area contributed by atoms with Crippen LogP contribution in [-0.4, -0.2) is 36.7 Å². The molecule has 1 aliphatic rings. The molecule has 1 fully saturated rings. The second-order valence-corrected chi connectivity index (χ2v) is 6.45. The summed E-state index contributed by atoms with van der Waals surface area (Å²) in [5.41, 5.74) is 1.09. The third kappa shape index (κ3) is 4.79. The number of rotatable bonds is 6. The number of anilines is 1. The highest BCUT2D eigenvalue weighted by Crippen LogP contribution is 2.29. The number of likely N-dealkylation sites (tertiary alicyclic amines) is 1. The Morgan fingerprint density at radius 2 is 2.05 bits per heavy atom. The molecule has 3 nitrogen and oxygen atoms in total. The van der Waals surface area contributed by atoms with Crippen LogP contribution in [0.4, 0.5) is 5.69 Å². The lowest BCUT2D eigenvalue weighted by molar-refractivity contribution is 0.177. The summed E-state index contributed by atoms with van der Waals surface area (Å²) >= 11 is 6.27. The van der Waals surface area contributed by atoms with Gasteiger partial charge in [0.05, 0.1) is 11.6 Å². The average Bonchev–Trinajstić information content (AvgIpc) is 2.47. The fourth-order valence-electron chi connectivity index (χ4n) is 2.72.